The Morgan fingerprint density at radius 1 is 1.10 bits per heavy atom. The Morgan fingerprint density at radius 3 is 2.14 bits per heavy atom. The normalized spacial score (nSPS) is 14.3. The molecule has 0 saturated heterocycles. The van der Waals surface area contributed by atoms with Gasteiger partial charge in [-0.05, 0) is 51.4 Å². The first-order valence-electron chi connectivity index (χ1n) is 7.83. The minimum Gasteiger partial charge on any atom is -0.352 e. The minimum absolute atomic E-state index is 0.0981. The molecular formula is C18H30N2O. The average molecular weight is 290 g/mol. The molecule has 0 bridgehead atoms. The molecule has 0 spiro atoms. The van der Waals surface area contributed by atoms with Crippen LogP contribution < -0.4 is 5.32 Å². The van der Waals surface area contributed by atoms with Crippen molar-refractivity contribution in [2.24, 2.45) is 5.92 Å². The zero-order chi connectivity index (χ0) is 16.0. The van der Waals surface area contributed by atoms with Crippen LogP contribution in [0.4, 0.5) is 0 Å². The summed E-state index contributed by atoms with van der Waals surface area (Å²) in [6.45, 7) is 9.30. The fraction of sp³-hybridized carbons (Fsp3) is 0.611. The molecule has 1 amide bonds. The Hall–Kier alpha value is -1.35. The van der Waals surface area contributed by atoms with Crippen molar-refractivity contribution in [1.82, 2.24) is 10.2 Å². The molecule has 0 radical (unpaired) electrons. The number of nitrogens with zero attached hydrogens (tertiary/aromatic N) is 1. The molecule has 2 unspecified atom stereocenters. The largest absolute Gasteiger partial charge is 0.352 e. The Balaban J connectivity index is 2.61. The second kappa shape index (κ2) is 8.18. The van der Waals surface area contributed by atoms with Crippen molar-refractivity contribution >= 4 is 5.91 Å². The van der Waals surface area contributed by atoms with E-state index < -0.39 is 0 Å². The molecule has 0 saturated carbocycles. The number of carbonyl (C=O) groups excluding carboxylic acids is 1. The van der Waals surface area contributed by atoms with E-state index in [0.29, 0.717) is 5.92 Å². The molecule has 3 nitrogen and oxygen atoms in total. The molecule has 0 fully saturated rings. The van der Waals surface area contributed by atoms with E-state index in [2.05, 4.69) is 48.3 Å². The summed E-state index contributed by atoms with van der Waals surface area (Å²) in [5.74, 6) is 0.645. The summed E-state index contributed by atoms with van der Waals surface area (Å²) in [6, 6.07) is 8.61. The van der Waals surface area contributed by atoms with Crippen LogP contribution in [0, 0.1) is 5.92 Å². The van der Waals surface area contributed by atoms with Crippen LogP contribution in [-0.2, 0) is 11.2 Å². The van der Waals surface area contributed by atoms with Crippen molar-refractivity contribution in [3.05, 3.63) is 35.4 Å². The molecular weight excluding hydrogens is 260 g/mol. The third-order valence-electron chi connectivity index (χ3n) is 3.54. The monoisotopic (exact) mass is 290 g/mol. The summed E-state index contributed by atoms with van der Waals surface area (Å²) in [5.41, 5.74) is 2.42. The van der Waals surface area contributed by atoms with Crippen molar-refractivity contribution in [3.63, 3.8) is 0 Å². The van der Waals surface area contributed by atoms with Crippen LogP contribution in [0.25, 0.3) is 0 Å². The van der Waals surface area contributed by atoms with Gasteiger partial charge >= 0.3 is 0 Å². The van der Waals surface area contributed by atoms with E-state index in [9.17, 15) is 4.79 Å². The molecule has 0 aliphatic heterocycles. The van der Waals surface area contributed by atoms with E-state index in [4.69, 9.17) is 0 Å². The van der Waals surface area contributed by atoms with Crippen LogP contribution in [0.3, 0.4) is 0 Å². The summed E-state index contributed by atoms with van der Waals surface area (Å²) in [4.78, 5) is 14.3. The fourth-order valence-corrected chi connectivity index (χ4v) is 2.53. The van der Waals surface area contributed by atoms with Crippen LogP contribution in [0.2, 0.25) is 0 Å². The number of amides is 1. The first-order valence-corrected chi connectivity index (χ1v) is 7.83. The van der Waals surface area contributed by atoms with Gasteiger partial charge in [-0.25, -0.2) is 0 Å². The third-order valence-corrected chi connectivity index (χ3v) is 3.54. The summed E-state index contributed by atoms with van der Waals surface area (Å²) in [7, 11) is 4.03. The van der Waals surface area contributed by atoms with E-state index >= 15 is 0 Å². The van der Waals surface area contributed by atoms with E-state index in [1.54, 1.807) is 0 Å². The average Bonchev–Trinajstić information content (AvgIpc) is 2.36. The Kier molecular flexibility index (Phi) is 6.90. The molecule has 21 heavy (non-hydrogen) atoms. The predicted octanol–water partition coefficient (Wildman–Crippen LogP) is 3.05. The molecule has 2 atom stereocenters. The van der Waals surface area contributed by atoms with Crippen LogP contribution in [-0.4, -0.2) is 37.5 Å². The Bertz CT molecular complexity index is 437. The number of nitrogens with one attached hydrogen (secondary N) is 1. The third kappa shape index (κ3) is 6.30. The lowest BCUT2D eigenvalue weighted by Crippen LogP contribution is -2.41. The molecule has 0 heterocycles. The topological polar surface area (TPSA) is 32.3 Å². The number of hydrogen-bond donors (Lipinski definition) is 1. The van der Waals surface area contributed by atoms with Gasteiger partial charge in [-0.15, -0.1) is 0 Å². The van der Waals surface area contributed by atoms with Crippen molar-refractivity contribution in [2.75, 3.05) is 20.6 Å². The van der Waals surface area contributed by atoms with Gasteiger partial charge in [0.05, 0.1) is 5.92 Å². The molecule has 0 aliphatic carbocycles. The van der Waals surface area contributed by atoms with Gasteiger partial charge in [0.25, 0.3) is 0 Å². The van der Waals surface area contributed by atoms with Gasteiger partial charge in [0.15, 0.2) is 0 Å². The molecule has 0 aromatic heterocycles. The van der Waals surface area contributed by atoms with Crippen LogP contribution in [0.1, 0.15) is 44.7 Å². The predicted molar refractivity (Wildman–Crippen MR) is 89.6 cm³/mol. The van der Waals surface area contributed by atoms with E-state index in [0.717, 1.165) is 18.5 Å². The van der Waals surface area contributed by atoms with Crippen molar-refractivity contribution in [3.8, 4) is 0 Å². The van der Waals surface area contributed by atoms with Gasteiger partial charge in [0.1, 0.15) is 0 Å². The van der Waals surface area contributed by atoms with E-state index in [1.165, 1.54) is 5.56 Å². The standard InChI is InChI=1S/C18H30N2O/c1-13(2)11-16-7-9-17(10-8-16)15(4)18(21)19-14(3)12-20(5)6/h7-10,13-15H,11-12H2,1-6H3,(H,19,21). The van der Waals surface area contributed by atoms with E-state index in [-0.39, 0.29) is 17.9 Å². The molecule has 1 aromatic carbocycles. The zero-order valence-corrected chi connectivity index (χ0v) is 14.3. The summed E-state index contributed by atoms with van der Waals surface area (Å²) >= 11 is 0. The maximum absolute atomic E-state index is 12.3. The van der Waals surface area contributed by atoms with Gasteiger partial charge < -0.3 is 10.2 Å². The highest BCUT2D eigenvalue weighted by molar-refractivity contribution is 5.83. The molecule has 118 valence electrons. The fourth-order valence-electron chi connectivity index (χ4n) is 2.53. The molecule has 1 aromatic rings. The Morgan fingerprint density at radius 2 is 1.67 bits per heavy atom. The zero-order valence-electron chi connectivity index (χ0n) is 14.3. The smallest absolute Gasteiger partial charge is 0.227 e. The van der Waals surface area contributed by atoms with Crippen molar-refractivity contribution < 1.29 is 4.79 Å². The quantitative estimate of drug-likeness (QED) is 0.837. The second-order valence-electron chi connectivity index (χ2n) is 6.73. The SMILES string of the molecule is CC(C)Cc1ccc(C(C)C(=O)NC(C)CN(C)C)cc1. The van der Waals surface area contributed by atoms with Gasteiger partial charge in [0.2, 0.25) is 5.91 Å². The number of rotatable bonds is 7. The van der Waals surface area contributed by atoms with Crippen LogP contribution >= 0.6 is 0 Å². The summed E-state index contributed by atoms with van der Waals surface area (Å²) in [5, 5.41) is 3.08. The first kappa shape index (κ1) is 17.7. The van der Waals surface area contributed by atoms with Gasteiger partial charge in [-0.1, -0.05) is 38.1 Å². The maximum Gasteiger partial charge on any atom is 0.227 e. The maximum atomic E-state index is 12.3. The summed E-state index contributed by atoms with van der Waals surface area (Å²) < 4.78 is 0. The molecule has 0 aliphatic rings. The minimum atomic E-state index is -0.109. The van der Waals surface area contributed by atoms with Crippen molar-refractivity contribution in [2.45, 2.75) is 46.1 Å². The van der Waals surface area contributed by atoms with Crippen LogP contribution in [0.15, 0.2) is 24.3 Å². The molecule has 1 N–H and O–H groups in total. The lowest BCUT2D eigenvalue weighted by atomic mass is 9.96. The second-order valence-corrected chi connectivity index (χ2v) is 6.73. The number of carbonyl (C=O) groups is 1. The highest BCUT2D eigenvalue weighted by Gasteiger charge is 2.17. The first-order chi connectivity index (χ1) is 9.79. The van der Waals surface area contributed by atoms with Crippen LogP contribution in [0.5, 0.6) is 0 Å². The Labute approximate surface area is 129 Å². The highest BCUT2D eigenvalue weighted by Crippen LogP contribution is 2.18. The summed E-state index contributed by atoms with van der Waals surface area (Å²) in [6.07, 6.45) is 1.08. The highest BCUT2D eigenvalue weighted by atomic mass is 16.1. The lowest BCUT2D eigenvalue weighted by Gasteiger charge is -2.21. The van der Waals surface area contributed by atoms with Crippen molar-refractivity contribution in [1.29, 1.82) is 0 Å². The number of benzene rings is 1. The number of hydrogen-bond acceptors (Lipinski definition) is 2. The van der Waals surface area contributed by atoms with Gasteiger partial charge in [-0.2, -0.15) is 0 Å². The number of likely N-dealkylation sites (N-methyl/N-ethyl adjacent to an activating group) is 1. The van der Waals surface area contributed by atoms with Gasteiger partial charge in [0, 0.05) is 12.6 Å². The molecule has 1 rings (SSSR count). The van der Waals surface area contributed by atoms with Gasteiger partial charge in [-0.3, -0.25) is 4.79 Å². The lowest BCUT2D eigenvalue weighted by molar-refractivity contribution is -0.122. The van der Waals surface area contributed by atoms with E-state index in [1.807, 2.05) is 27.9 Å². The molecule has 3 heteroatoms.